The number of hydrogen-bond donors (Lipinski definition) is 1. The number of thiophene rings is 1. The van der Waals surface area contributed by atoms with E-state index in [0.29, 0.717) is 18.8 Å². The van der Waals surface area contributed by atoms with Crippen LogP contribution in [0, 0.1) is 0 Å². The van der Waals surface area contributed by atoms with Crippen LogP contribution in [-0.4, -0.2) is 32.6 Å². The van der Waals surface area contributed by atoms with Gasteiger partial charge in [-0.05, 0) is 16.6 Å². The Bertz CT molecular complexity index is 692. The van der Waals surface area contributed by atoms with E-state index in [1.807, 2.05) is 16.8 Å². The van der Waals surface area contributed by atoms with E-state index < -0.39 is 6.09 Å². The van der Waals surface area contributed by atoms with E-state index in [9.17, 15) is 4.79 Å². The summed E-state index contributed by atoms with van der Waals surface area (Å²) in [5, 5.41) is 14.0. The van der Waals surface area contributed by atoms with Crippen molar-refractivity contribution in [2.24, 2.45) is 0 Å². The molecule has 0 aliphatic carbocycles. The minimum atomic E-state index is -0.597. The third-order valence-corrected chi connectivity index (χ3v) is 3.25. The molecule has 0 radical (unpaired) electrons. The standard InChI is InChI=1S/C12H11N5O3S/c18-12(14-2-3-17-8-13-7-15-17)19-11-5-10(20-16-11)9-1-4-21-6-9/h1,4-8H,2-3H2,(H,14,18). The van der Waals surface area contributed by atoms with Gasteiger partial charge >= 0.3 is 6.09 Å². The topological polar surface area (TPSA) is 95.1 Å². The number of nitrogens with one attached hydrogen (secondary N) is 1. The molecule has 3 heterocycles. The molecule has 0 aliphatic rings. The summed E-state index contributed by atoms with van der Waals surface area (Å²) < 4.78 is 11.7. The lowest BCUT2D eigenvalue weighted by molar-refractivity contribution is 0.195. The maximum atomic E-state index is 11.6. The number of carbonyl (C=O) groups excluding carboxylic acids is 1. The van der Waals surface area contributed by atoms with Crippen LogP contribution >= 0.6 is 11.3 Å². The molecular formula is C12H11N5O3S. The van der Waals surface area contributed by atoms with E-state index >= 15 is 0 Å². The van der Waals surface area contributed by atoms with E-state index in [-0.39, 0.29) is 5.88 Å². The highest BCUT2D eigenvalue weighted by molar-refractivity contribution is 7.08. The van der Waals surface area contributed by atoms with Crippen LogP contribution in [0.3, 0.4) is 0 Å². The Morgan fingerprint density at radius 3 is 3.24 bits per heavy atom. The Hall–Kier alpha value is -2.68. The van der Waals surface area contributed by atoms with Crippen molar-refractivity contribution in [2.45, 2.75) is 6.54 Å². The fourth-order valence-electron chi connectivity index (χ4n) is 1.60. The average molecular weight is 305 g/mol. The van der Waals surface area contributed by atoms with Gasteiger partial charge in [0.1, 0.15) is 12.7 Å². The zero-order valence-electron chi connectivity index (χ0n) is 10.8. The summed E-state index contributed by atoms with van der Waals surface area (Å²) in [6, 6.07) is 3.46. The predicted octanol–water partition coefficient (Wildman–Crippen LogP) is 1.78. The minimum absolute atomic E-state index is 0.120. The largest absolute Gasteiger partial charge is 0.414 e. The number of aromatic nitrogens is 4. The number of ether oxygens (including phenoxy) is 1. The molecule has 0 saturated heterocycles. The summed E-state index contributed by atoms with van der Waals surface area (Å²) in [6.45, 7) is 0.880. The number of hydrogen-bond acceptors (Lipinski definition) is 7. The highest BCUT2D eigenvalue weighted by Crippen LogP contribution is 2.25. The molecule has 8 nitrogen and oxygen atoms in total. The smallest absolute Gasteiger partial charge is 0.388 e. The van der Waals surface area contributed by atoms with E-state index in [0.717, 1.165) is 5.56 Å². The Kier molecular flexibility index (Phi) is 3.92. The molecule has 9 heteroatoms. The third kappa shape index (κ3) is 3.45. The molecule has 1 amide bonds. The maximum absolute atomic E-state index is 11.6. The van der Waals surface area contributed by atoms with Crippen molar-refractivity contribution >= 4 is 17.4 Å². The average Bonchev–Trinajstić information content (AvgIpc) is 3.21. The van der Waals surface area contributed by atoms with Gasteiger partial charge in [-0.15, -0.1) is 0 Å². The van der Waals surface area contributed by atoms with E-state index in [2.05, 4.69) is 20.6 Å². The van der Waals surface area contributed by atoms with Crippen LogP contribution in [0.15, 0.2) is 40.1 Å². The maximum Gasteiger partial charge on any atom is 0.414 e. The second-order valence-electron chi connectivity index (χ2n) is 4.02. The zero-order chi connectivity index (χ0) is 14.5. The van der Waals surface area contributed by atoms with Crippen LogP contribution < -0.4 is 10.1 Å². The first-order chi connectivity index (χ1) is 10.3. The number of rotatable bonds is 5. The summed E-state index contributed by atoms with van der Waals surface area (Å²) in [6.07, 6.45) is 2.40. The molecule has 0 spiro atoms. The van der Waals surface area contributed by atoms with Gasteiger partial charge in [-0.3, -0.25) is 4.68 Å². The van der Waals surface area contributed by atoms with E-state index in [1.54, 1.807) is 28.4 Å². The Morgan fingerprint density at radius 2 is 2.48 bits per heavy atom. The van der Waals surface area contributed by atoms with Crippen molar-refractivity contribution in [3.63, 3.8) is 0 Å². The first-order valence-corrected chi connectivity index (χ1v) is 7.03. The Labute approximate surface area is 123 Å². The van der Waals surface area contributed by atoms with Gasteiger partial charge in [-0.2, -0.15) is 16.4 Å². The van der Waals surface area contributed by atoms with Crippen molar-refractivity contribution in [1.82, 2.24) is 25.2 Å². The van der Waals surface area contributed by atoms with Crippen LogP contribution in [0.2, 0.25) is 0 Å². The number of carbonyl (C=O) groups is 1. The second kappa shape index (κ2) is 6.18. The van der Waals surface area contributed by atoms with Gasteiger partial charge in [0.05, 0.1) is 12.6 Å². The van der Waals surface area contributed by atoms with Gasteiger partial charge in [0.2, 0.25) is 0 Å². The van der Waals surface area contributed by atoms with Gasteiger partial charge < -0.3 is 14.6 Å². The monoisotopic (exact) mass is 305 g/mol. The minimum Gasteiger partial charge on any atom is -0.388 e. The van der Waals surface area contributed by atoms with E-state index in [4.69, 9.17) is 9.26 Å². The normalized spacial score (nSPS) is 10.5. The van der Waals surface area contributed by atoms with Crippen LogP contribution in [0.1, 0.15) is 0 Å². The molecule has 0 aliphatic heterocycles. The molecule has 3 aromatic heterocycles. The molecule has 0 bridgehead atoms. The summed E-state index contributed by atoms with van der Waals surface area (Å²) in [4.78, 5) is 15.4. The first kappa shape index (κ1) is 13.3. The lowest BCUT2D eigenvalue weighted by Gasteiger charge is -2.03. The van der Waals surface area contributed by atoms with E-state index in [1.165, 1.54) is 6.33 Å². The molecule has 3 aromatic rings. The molecular weight excluding hydrogens is 294 g/mol. The van der Waals surface area contributed by atoms with Crippen molar-refractivity contribution in [3.8, 4) is 17.2 Å². The SMILES string of the molecule is O=C(NCCn1cncn1)Oc1cc(-c2ccsc2)on1. The quantitative estimate of drug-likeness (QED) is 0.772. The molecule has 0 unspecified atom stereocenters. The lowest BCUT2D eigenvalue weighted by atomic mass is 10.3. The summed E-state index contributed by atoms with van der Waals surface area (Å²) >= 11 is 1.55. The highest BCUT2D eigenvalue weighted by Gasteiger charge is 2.11. The fourth-order valence-corrected chi connectivity index (χ4v) is 2.24. The molecule has 3 rings (SSSR count). The van der Waals surface area contributed by atoms with Crippen LogP contribution in [0.25, 0.3) is 11.3 Å². The van der Waals surface area contributed by atoms with Gasteiger partial charge in [-0.1, -0.05) is 0 Å². The molecule has 0 fully saturated rings. The second-order valence-corrected chi connectivity index (χ2v) is 4.80. The summed E-state index contributed by atoms with van der Waals surface area (Å²) in [7, 11) is 0. The molecule has 0 aromatic carbocycles. The van der Waals surface area contributed by atoms with Crippen molar-refractivity contribution in [1.29, 1.82) is 0 Å². The molecule has 108 valence electrons. The predicted molar refractivity (Wildman–Crippen MR) is 73.9 cm³/mol. The number of nitrogens with zero attached hydrogens (tertiary/aromatic N) is 4. The Balaban J connectivity index is 1.48. The van der Waals surface area contributed by atoms with Gasteiger partial charge in [0.15, 0.2) is 5.76 Å². The lowest BCUT2D eigenvalue weighted by Crippen LogP contribution is -2.30. The van der Waals surface area contributed by atoms with Crippen molar-refractivity contribution < 1.29 is 14.1 Å². The van der Waals surface area contributed by atoms with Crippen molar-refractivity contribution in [3.05, 3.63) is 35.5 Å². The fraction of sp³-hybridized carbons (Fsp3) is 0.167. The van der Waals surface area contributed by atoms with Gasteiger partial charge in [0.25, 0.3) is 5.88 Å². The molecule has 21 heavy (non-hydrogen) atoms. The van der Waals surface area contributed by atoms with Gasteiger partial charge in [0, 0.05) is 17.5 Å². The van der Waals surface area contributed by atoms with Gasteiger partial charge in [-0.25, -0.2) is 9.78 Å². The zero-order valence-corrected chi connectivity index (χ0v) is 11.6. The van der Waals surface area contributed by atoms with Crippen LogP contribution in [0.4, 0.5) is 4.79 Å². The highest BCUT2D eigenvalue weighted by atomic mass is 32.1. The third-order valence-electron chi connectivity index (χ3n) is 2.57. The molecule has 0 saturated carbocycles. The first-order valence-electron chi connectivity index (χ1n) is 6.08. The summed E-state index contributed by atoms with van der Waals surface area (Å²) in [5.41, 5.74) is 0.897. The van der Waals surface area contributed by atoms with Crippen molar-refractivity contribution in [2.75, 3.05) is 6.54 Å². The molecule has 0 atom stereocenters. The summed E-state index contributed by atoms with van der Waals surface area (Å²) in [5.74, 6) is 0.677. The van der Waals surface area contributed by atoms with Crippen LogP contribution in [-0.2, 0) is 6.54 Å². The van der Waals surface area contributed by atoms with Crippen LogP contribution in [0.5, 0.6) is 5.88 Å². The Morgan fingerprint density at radius 1 is 1.52 bits per heavy atom. The molecule has 1 N–H and O–H groups in total. The number of amides is 1.